The topological polar surface area (TPSA) is 84.0 Å². The van der Waals surface area contributed by atoms with Crippen LogP contribution in [0.1, 0.15) is 43.1 Å². The average molecular weight is 469 g/mol. The number of likely N-dealkylation sites (N-methyl/N-ethyl adjacent to an activating group) is 1. The number of carbonyl (C=O) groups excluding carboxylic acids is 2. The second-order valence-electron chi connectivity index (χ2n) is 8.99. The van der Waals surface area contributed by atoms with E-state index in [9.17, 15) is 9.59 Å². The minimum Gasteiger partial charge on any atom is -0.491 e. The van der Waals surface area contributed by atoms with Gasteiger partial charge in [-0.25, -0.2) is 0 Å². The summed E-state index contributed by atoms with van der Waals surface area (Å²) in [6.07, 6.45) is 3.86. The van der Waals surface area contributed by atoms with E-state index in [1.54, 1.807) is 56.6 Å². The van der Waals surface area contributed by atoms with Crippen LogP contribution in [0, 0.1) is 5.92 Å². The van der Waals surface area contributed by atoms with Gasteiger partial charge >= 0.3 is 0 Å². The van der Waals surface area contributed by atoms with Gasteiger partial charge in [0, 0.05) is 70.4 Å². The number of anilines is 1. The molecule has 0 saturated carbocycles. The Kier molecular flexibility index (Phi) is 9.01. The van der Waals surface area contributed by atoms with Gasteiger partial charge in [-0.05, 0) is 42.7 Å². The number of nitrogens with one attached hydrogen (secondary N) is 1. The average Bonchev–Trinajstić information content (AvgIpc) is 2.84. The van der Waals surface area contributed by atoms with Crippen molar-refractivity contribution in [3.63, 3.8) is 0 Å². The number of methoxy groups -OCH3 is 1. The molecule has 2 amide bonds. The fourth-order valence-electron chi connectivity index (χ4n) is 4.12. The van der Waals surface area contributed by atoms with Crippen molar-refractivity contribution in [2.24, 2.45) is 5.92 Å². The second-order valence-corrected chi connectivity index (χ2v) is 8.99. The van der Waals surface area contributed by atoms with Crippen molar-refractivity contribution in [2.45, 2.75) is 45.9 Å². The van der Waals surface area contributed by atoms with Gasteiger partial charge in [0.05, 0.1) is 11.7 Å². The summed E-state index contributed by atoms with van der Waals surface area (Å²) in [6, 6.07) is 9.30. The number of hydrogen-bond donors (Lipinski definition) is 1. The molecule has 2 aromatic rings. The summed E-state index contributed by atoms with van der Waals surface area (Å²) >= 11 is 0. The highest BCUT2D eigenvalue weighted by Gasteiger charge is 2.28. The largest absolute Gasteiger partial charge is 0.491 e. The SMILES string of the molecule is CCC(=O)Nc1ccc2c(c1)OC[C@H](C)N(Cc1ccncc1)C[C@H](C)[C@H](OC)CN(C)C2=O. The number of nitrogens with zero attached hydrogens (tertiary/aromatic N) is 3. The first-order valence-electron chi connectivity index (χ1n) is 11.8. The van der Waals surface area contributed by atoms with Crippen molar-refractivity contribution in [3.8, 4) is 5.75 Å². The van der Waals surface area contributed by atoms with E-state index in [4.69, 9.17) is 9.47 Å². The molecule has 0 fully saturated rings. The molecule has 1 N–H and O–H groups in total. The van der Waals surface area contributed by atoms with Crippen LogP contribution in [0.2, 0.25) is 0 Å². The van der Waals surface area contributed by atoms with E-state index >= 15 is 0 Å². The van der Waals surface area contributed by atoms with Gasteiger partial charge in [-0.3, -0.25) is 19.5 Å². The highest BCUT2D eigenvalue weighted by Crippen LogP contribution is 2.27. The van der Waals surface area contributed by atoms with Crippen molar-refractivity contribution in [1.29, 1.82) is 0 Å². The molecule has 0 bridgehead atoms. The quantitative estimate of drug-likeness (QED) is 0.724. The number of fused-ring (bicyclic) bond motifs is 1. The molecule has 3 atom stereocenters. The summed E-state index contributed by atoms with van der Waals surface area (Å²) < 4.78 is 12.0. The lowest BCUT2D eigenvalue weighted by Crippen LogP contribution is -2.46. The molecule has 1 aromatic carbocycles. The maximum absolute atomic E-state index is 13.3. The molecule has 34 heavy (non-hydrogen) atoms. The van der Waals surface area contributed by atoms with E-state index in [-0.39, 0.29) is 29.9 Å². The Balaban J connectivity index is 1.94. The molecular weight excluding hydrogens is 432 g/mol. The summed E-state index contributed by atoms with van der Waals surface area (Å²) in [7, 11) is 3.47. The van der Waals surface area contributed by atoms with E-state index in [2.05, 4.69) is 29.0 Å². The standard InChI is InChI=1S/C26H36N4O4/c1-6-25(31)28-21-7-8-22-23(13-21)34-17-19(3)30(15-20-9-11-27-12-10-20)14-18(2)24(33-5)16-29(4)26(22)32/h7-13,18-19,24H,6,14-17H2,1-5H3,(H,28,31)/t18-,19-,24+/m0/s1. The second kappa shape index (κ2) is 11.9. The van der Waals surface area contributed by atoms with Crippen molar-refractivity contribution in [3.05, 3.63) is 53.9 Å². The van der Waals surface area contributed by atoms with Crippen molar-refractivity contribution in [2.75, 3.05) is 39.2 Å². The molecule has 3 rings (SSSR count). The van der Waals surface area contributed by atoms with Gasteiger partial charge in [0.2, 0.25) is 5.91 Å². The summed E-state index contributed by atoms with van der Waals surface area (Å²) in [6.45, 7) is 8.46. The number of amides is 2. The monoisotopic (exact) mass is 468 g/mol. The molecule has 1 aliphatic rings. The van der Waals surface area contributed by atoms with Gasteiger partial charge < -0.3 is 19.7 Å². The van der Waals surface area contributed by atoms with Gasteiger partial charge in [-0.1, -0.05) is 13.8 Å². The number of hydrogen-bond acceptors (Lipinski definition) is 6. The fraction of sp³-hybridized carbons (Fsp3) is 0.500. The molecule has 0 aliphatic carbocycles. The number of aromatic nitrogens is 1. The third-order valence-corrected chi connectivity index (χ3v) is 6.32. The Morgan fingerprint density at radius 2 is 1.94 bits per heavy atom. The number of benzene rings is 1. The summed E-state index contributed by atoms with van der Waals surface area (Å²) in [5.74, 6) is 0.420. The molecule has 8 nitrogen and oxygen atoms in total. The maximum atomic E-state index is 13.3. The lowest BCUT2D eigenvalue weighted by molar-refractivity contribution is -0.115. The van der Waals surface area contributed by atoms with Crippen LogP contribution >= 0.6 is 0 Å². The van der Waals surface area contributed by atoms with Crippen LogP contribution in [0.3, 0.4) is 0 Å². The molecule has 0 radical (unpaired) electrons. The fourth-order valence-corrected chi connectivity index (χ4v) is 4.12. The zero-order valence-electron chi connectivity index (χ0n) is 20.8. The highest BCUT2D eigenvalue weighted by molar-refractivity contribution is 5.98. The van der Waals surface area contributed by atoms with Gasteiger partial charge in [0.15, 0.2) is 0 Å². The van der Waals surface area contributed by atoms with Gasteiger partial charge in [0.1, 0.15) is 12.4 Å². The predicted octanol–water partition coefficient (Wildman–Crippen LogP) is 3.44. The number of carbonyl (C=O) groups is 2. The Morgan fingerprint density at radius 3 is 2.62 bits per heavy atom. The molecular formula is C26H36N4O4. The zero-order chi connectivity index (χ0) is 24.7. The highest BCUT2D eigenvalue weighted by atomic mass is 16.5. The third kappa shape index (κ3) is 6.55. The lowest BCUT2D eigenvalue weighted by Gasteiger charge is -2.36. The predicted molar refractivity (Wildman–Crippen MR) is 132 cm³/mol. The molecule has 1 aliphatic heterocycles. The summed E-state index contributed by atoms with van der Waals surface area (Å²) in [5.41, 5.74) is 2.25. The number of rotatable bonds is 5. The molecule has 0 saturated heterocycles. The first-order chi connectivity index (χ1) is 16.3. The van der Waals surface area contributed by atoms with Crippen LogP contribution in [0.5, 0.6) is 5.75 Å². The first kappa shape index (κ1) is 25.6. The Bertz CT molecular complexity index is 969. The minimum absolute atomic E-state index is 0.0714. The van der Waals surface area contributed by atoms with Crippen LogP contribution < -0.4 is 10.1 Å². The molecule has 0 unspecified atom stereocenters. The van der Waals surface area contributed by atoms with Crippen molar-refractivity contribution in [1.82, 2.24) is 14.8 Å². The van der Waals surface area contributed by atoms with Gasteiger partial charge in [0.25, 0.3) is 5.91 Å². The van der Waals surface area contributed by atoms with Crippen LogP contribution in [0.15, 0.2) is 42.7 Å². The lowest BCUT2D eigenvalue weighted by atomic mass is 10.0. The minimum atomic E-state index is -0.139. The number of pyridine rings is 1. The summed E-state index contributed by atoms with van der Waals surface area (Å²) in [4.78, 5) is 33.3. The van der Waals surface area contributed by atoms with Gasteiger partial charge in [-0.15, -0.1) is 0 Å². The van der Waals surface area contributed by atoms with Crippen LogP contribution in [-0.2, 0) is 16.1 Å². The summed E-state index contributed by atoms with van der Waals surface area (Å²) in [5, 5.41) is 2.85. The van der Waals surface area contributed by atoms with E-state index < -0.39 is 0 Å². The Labute approximate surface area is 202 Å². The zero-order valence-corrected chi connectivity index (χ0v) is 20.8. The van der Waals surface area contributed by atoms with Crippen LogP contribution in [-0.4, -0.2) is 72.6 Å². The van der Waals surface area contributed by atoms with Crippen LogP contribution in [0.4, 0.5) is 5.69 Å². The first-order valence-corrected chi connectivity index (χ1v) is 11.8. The van der Waals surface area contributed by atoms with E-state index in [0.717, 1.165) is 13.1 Å². The van der Waals surface area contributed by atoms with Crippen molar-refractivity contribution >= 4 is 17.5 Å². The van der Waals surface area contributed by atoms with Crippen LogP contribution in [0.25, 0.3) is 0 Å². The Hall–Kier alpha value is -2.97. The molecule has 0 spiro atoms. The maximum Gasteiger partial charge on any atom is 0.257 e. The van der Waals surface area contributed by atoms with E-state index in [1.807, 2.05) is 12.1 Å². The molecule has 184 valence electrons. The van der Waals surface area contributed by atoms with Crippen molar-refractivity contribution < 1.29 is 19.1 Å². The Morgan fingerprint density at radius 1 is 1.21 bits per heavy atom. The normalized spacial score (nSPS) is 22.2. The van der Waals surface area contributed by atoms with Gasteiger partial charge in [-0.2, -0.15) is 0 Å². The molecule has 1 aromatic heterocycles. The van der Waals surface area contributed by atoms with E-state index in [1.165, 1.54) is 5.56 Å². The van der Waals surface area contributed by atoms with E-state index in [0.29, 0.717) is 36.6 Å². The molecule has 2 heterocycles. The smallest absolute Gasteiger partial charge is 0.257 e. The molecule has 8 heteroatoms. The number of ether oxygens (including phenoxy) is 2. The third-order valence-electron chi connectivity index (χ3n) is 6.32.